The van der Waals surface area contributed by atoms with E-state index in [1.807, 2.05) is 30.5 Å². The Kier molecular flexibility index (Phi) is 3.19. The minimum absolute atomic E-state index is 0.0572. The summed E-state index contributed by atoms with van der Waals surface area (Å²) >= 11 is 1.07. The van der Waals surface area contributed by atoms with Gasteiger partial charge in [-0.3, -0.25) is 15.0 Å². The lowest BCUT2D eigenvalue weighted by Gasteiger charge is -2.07. The molecular weight excluding hydrogens is 276 g/mol. The molecule has 4 N–H and O–H groups in total. The summed E-state index contributed by atoms with van der Waals surface area (Å²) in [4.78, 5) is 26.4. The molecule has 6 nitrogen and oxygen atoms in total. The lowest BCUT2D eigenvalue weighted by atomic mass is 10.2. The third-order valence-electron chi connectivity index (χ3n) is 3.00. The Bertz CT molecular complexity index is 709. The Balaban J connectivity index is 1.66. The predicted octanol–water partition coefficient (Wildman–Crippen LogP) is 1.66. The van der Waals surface area contributed by atoms with Crippen LogP contribution in [0.2, 0.25) is 0 Å². The summed E-state index contributed by atoms with van der Waals surface area (Å²) in [5.41, 5.74) is 1.63. The maximum Gasteiger partial charge on any atom is 0.240 e. The normalized spacial score (nSPS) is 18.3. The van der Waals surface area contributed by atoms with Crippen LogP contribution in [0, 0.1) is 5.41 Å². The van der Waals surface area contributed by atoms with Crippen LogP contribution in [-0.4, -0.2) is 27.2 Å². The maximum atomic E-state index is 11.9. The fourth-order valence-corrected chi connectivity index (χ4v) is 2.90. The van der Waals surface area contributed by atoms with Crippen LogP contribution in [0.1, 0.15) is 6.42 Å². The number of rotatable bonds is 3. The Morgan fingerprint density at radius 2 is 2.25 bits per heavy atom. The fraction of sp³-hybridized carbons (Fsp3) is 0.154. The second kappa shape index (κ2) is 5.01. The first-order valence-electron chi connectivity index (χ1n) is 6.05. The van der Waals surface area contributed by atoms with Gasteiger partial charge in [0, 0.05) is 23.8 Å². The third kappa shape index (κ3) is 2.53. The number of amidine groups is 1. The van der Waals surface area contributed by atoms with Crippen molar-refractivity contribution in [1.29, 1.82) is 5.41 Å². The van der Waals surface area contributed by atoms with Crippen molar-refractivity contribution in [3.8, 4) is 0 Å². The SMILES string of the molecule is N=C1NC(=O)C(CC(=O)Nc2ccc3cc[nH]c3c2)S1. The van der Waals surface area contributed by atoms with Gasteiger partial charge in [0.05, 0.1) is 0 Å². The highest BCUT2D eigenvalue weighted by Gasteiger charge is 2.31. The number of carbonyl (C=O) groups excluding carboxylic acids is 2. The van der Waals surface area contributed by atoms with Gasteiger partial charge in [-0.1, -0.05) is 17.8 Å². The number of amides is 2. The molecule has 2 heterocycles. The van der Waals surface area contributed by atoms with E-state index in [4.69, 9.17) is 5.41 Å². The summed E-state index contributed by atoms with van der Waals surface area (Å²) in [5, 5.41) is 13.1. The predicted molar refractivity (Wildman–Crippen MR) is 78.8 cm³/mol. The van der Waals surface area contributed by atoms with Crippen molar-refractivity contribution in [2.75, 3.05) is 5.32 Å². The molecule has 1 aromatic heterocycles. The van der Waals surface area contributed by atoms with E-state index in [2.05, 4.69) is 15.6 Å². The molecular formula is C13H12N4O2S. The van der Waals surface area contributed by atoms with Crippen LogP contribution in [0.3, 0.4) is 0 Å². The summed E-state index contributed by atoms with van der Waals surface area (Å²) in [5.74, 6) is -0.520. The van der Waals surface area contributed by atoms with E-state index in [1.54, 1.807) is 0 Å². The Morgan fingerprint density at radius 1 is 1.40 bits per heavy atom. The van der Waals surface area contributed by atoms with Gasteiger partial charge in [-0.05, 0) is 23.6 Å². The van der Waals surface area contributed by atoms with Gasteiger partial charge in [-0.2, -0.15) is 0 Å². The zero-order valence-electron chi connectivity index (χ0n) is 10.4. The van der Waals surface area contributed by atoms with Crippen LogP contribution in [0.4, 0.5) is 5.69 Å². The van der Waals surface area contributed by atoms with Gasteiger partial charge in [-0.15, -0.1) is 0 Å². The van der Waals surface area contributed by atoms with E-state index >= 15 is 0 Å². The molecule has 0 saturated carbocycles. The van der Waals surface area contributed by atoms with E-state index in [9.17, 15) is 9.59 Å². The van der Waals surface area contributed by atoms with E-state index in [-0.39, 0.29) is 23.4 Å². The Hall–Kier alpha value is -2.28. The summed E-state index contributed by atoms with van der Waals surface area (Å²) in [7, 11) is 0. The number of aromatic amines is 1. The molecule has 0 aliphatic carbocycles. The van der Waals surface area contributed by atoms with E-state index in [1.165, 1.54) is 0 Å². The molecule has 1 unspecified atom stereocenters. The van der Waals surface area contributed by atoms with Crippen molar-refractivity contribution in [2.24, 2.45) is 0 Å². The highest BCUT2D eigenvalue weighted by molar-refractivity contribution is 8.15. The van der Waals surface area contributed by atoms with Crippen LogP contribution in [0.25, 0.3) is 10.9 Å². The first kappa shape index (κ1) is 12.7. The van der Waals surface area contributed by atoms with E-state index in [0.717, 1.165) is 22.7 Å². The van der Waals surface area contributed by atoms with E-state index < -0.39 is 5.25 Å². The van der Waals surface area contributed by atoms with Gasteiger partial charge in [0.15, 0.2) is 5.17 Å². The summed E-state index contributed by atoms with van der Waals surface area (Å²) in [6, 6.07) is 7.52. The van der Waals surface area contributed by atoms with Crippen LogP contribution >= 0.6 is 11.8 Å². The number of aromatic nitrogens is 1. The number of benzene rings is 1. The summed E-state index contributed by atoms with van der Waals surface area (Å²) in [6.07, 6.45) is 1.89. The first-order chi connectivity index (χ1) is 9.61. The molecule has 0 spiro atoms. The molecule has 1 aromatic carbocycles. The number of nitrogens with one attached hydrogen (secondary N) is 4. The molecule has 102 valence electrons. The molecule has 1 fully saturated rings. The maximum absolute atomic E-state index is 11.9. The lowest BCUT2D eigenvalue weighted by Crippen LogP contribution is -2.27. The van der Waals surface area contributed by atoms with Crippen LogP contribution in [0.5, 0.6) is 0 Å². The summed E-state index contributed by atoms with van der Waals surface area (Å²) < 4.78 is 0. The molecule has 2 amide bonds. The molecule has 1 atom stereocenters. The highest BCUT2D eigenvalue weighted by atomic mass is 32.2. The smallest absolute Gasteiger partial charge is 0.240 e. The zero-order chi connectivity index (χ0) is 14.1. The third-order valence-corrected chi connectivity index (χ3v) is 4.00. The number of H-pyrrole nitrogens is 1. The highest BCUT2D eigenvalue weighted by Crippen LogP contribution is 2.22. The Labute approximate surface area is 118 Å². The standard InChI is InChI=1S/C13H12N4O2S/c14-13-17-12(19)10(20-13)6-11(18)16-8-2-1-7-3-4-15-9(7)5-8/h1-5,10,15H,6H2,(H,16,18)(H2,14,17,19). The molecule has 20 heavy (non-hydrogen) atoms. The average Bonchev–Trinajstić information content (AvgIpc) is 2.96. The van der Waals surface area contributed by atoms with Crippen LogP contribution < -0.4 is 10.6 Å². The zero-order valence-corrected chi connectivity index (χ0v) is 11.2. The average molecular weight is 288 g/mol. The molecule has 1 saturated heterocycles. The monoisotopic (exact) mass is 288 g/mol. The Morgan fingerprint density at radius 3 is 3.00 bits per heavy atom. The number of thioether (sulfide) groups is 1. The number of fused-ring (bicyclic) bond motifs is 1. The minimum atomic E-state index is -0.517. The van der Waals surface area contributed by atoms with Crippen molar-refractivity contribution in [1.82, 2.24) is 10.3 Å². The largest absolute Gasteiger partial charge is 0.361 e. The van der Waals surface area contributed by atoms with Crippen LogP contribution in [-0.2, 0) is 9.59 Å². The van der Waals surface area contributed by atoms with Gasteiger partial charge in [-0.25, -0.2) is 0 Å². The van der Waals surface area contributed by atoms with Crippen molar-refractivity contribution in [3.05, 3.63) is 30.5 Å². The van der Waals surface area contributed by atoms with Gasteiger partial charge in [0.1, 0.15) is 5.25 Å². The summed E-state index contributed by atoms with van der Waals surface area (Å²) in [6.45, 7) is 0. The van der Waals surface area contributed by atoms with Gasteiger partial charge < -0.3 is 15.6 Å². The van der Waals surface area contributed by atoms with Gasteiger partial charge in [0.2, 0.25) is 11.8 Å². The quantitative estimate of drug-likeness (QED) is 0.691. The van der Waals surface area contributed by atoms with Gasteiger partial charge in [0.25, 0.3) is 0 Å². The number of hydrogen-bond acceptors (Lipinski definition) is 4. The second-order valence-corrected chi connectivity index (χ2v) is 5.67. The van der Waals surface area contributed by atoms with E-state index in [0.29, 0.717) is 5.69 Å². The first-order valence-corrected chi connectivity index (χ1v) is 6.93. The van der Waals surface area contributed by atoms with Crippen molar-refractivity contribution in [2.45, 2.75) is 11.7 Å². The second-order valence-electron chi connectivity index (χ2n) is 4.46. The van der Waals surface area contributed by atoms with Crippen LogP contribution in [0.15, 0.2) is 30.5 Å². The fourth-order valence-electron chi connectivity index (χ4n) is 2.06. The molecule has 3 rings (SSSR count). The number of hydrogen-bond donors (Lipinski definition) is 4. The molecule has 0 bridgehead atoms. The topological polar surface area (TPSA) is 97.8 Å². The molecule has 2 aromatic rings. The number of anilines is 1. The molecule has 1 aliphatic rings. The van der Waals surface area contributed by atoms with Crippen molar-refractivity contribution in [3.63, 3.8) is 0 Å². The lowest BCUT2D eigenvalue weighted by molar-refractivity contribution is -0.122. The molecule has 7 heteroatoms. The molecule has 0 radical (unpaired) electrons. The van der Waals surface area contributed by atoms with Crippen molar-refractivity contribution >= 4 is 45.3 Å². The van der Waals surface area contributed by atoms with Gasteiger partial charge >= 0.3 is 0 Å². The molecule has 1 aliphatic heterocycles. The minimum Gasteiger partial charge on any atom is -0.361 e. The van der Waals surface area contributed by atoms with Crippen molar-refractivity contribution < 1.29 is 9.59 Å². The number of carbonyl (C=O) groups is 2.